The van der Waals surface area contributed by atoms with Gasteiger partial charge >= 0.3 is 18.9 Å². The molecule has 0 aliphatic heterocycles. The Morgan fingerprint density at radius 3 is 0.812 bits per heavy atom. The molecule has 14 heteroatoms. The number of hydrogen-bond donors (Lipinski definition) is 3. The van der Waals surface area contributed by atoms with Gasteiger partial charge in [0.2, 0.25) is 0 Å². The summed E-state index contributed by atoms with van der Waals surface area (Å²) in [7, 11) is -14.6. The van der Waals surface area contributed by atoms with Crippen LogP contribution in [0.1, 0.15) is 1.43 Å². The molecule has 32 heavy (non-hydrogen) atoms. The average Bonchev–Trinajstić information content (AvgIpc) is 2.67. The van der Waals surface area contributed by atoms with Crippen LogP contribution in [0.2, 0.25) is 0 Å². The molecule has 0 atom stereocenters. The molecule has 0 spiro atoms. The van der Waals surface area contributed by atoms with Gasteiger partial charge in [-0.3, -0.25) is 13.7 Å². The van der Waals surface area contributed by atoms with Gasteiger partial charge in [0.1, 0.15) is 0 Å². The molecule has 0 aliphatic rings. The number of benzene rings is 3. The van der Waals surface area contributed by atoms with E-state index < -0.39 is 38.3 Å². The molecule has 0 aliphatic carbocycles. The van der Waals surface area contributed by atoms with Crippen molar-refractivity contribution in [3.63, 3.8) is 0 Å². The normalized spacial score (nSPS) is 12.4. The minimum atomic E-state index is -4.40. The van der Waals surface area contributed by atoms with Crippen molar-refractivity contribution in [1.29, 1.82) is 0 Å². The van der Waals surface area contributed by atoms with E-state index in [2.05, 4.69) is 0 Å². The Balaban J connectivity index is 0.00000272. The van der Waals surface area contributed by atoms with Crippen molar-refractivity contribution in [2.24, 2.45) is 0 Å². The fourth-order valence-electron chi connectivity index (χ4n) is 2.75. The zero-order valence-electron chi connectivity index (χ0n) is 17.4. The largest absolute Gasteiger partial charge is 1.00 e. The van der Waals surface area contributed by atoms with Gasteiger partial charge in [0.15, 0.2) is 0 Å². The molecule has 3 rings (SSSR count). The summed E-state index contributed by atoms with van der Waals surface area (Å²) in [6.07, 6.45) is 0. The van der Waals surface area contributed by atoms with Crippen LogP contribution in [0.5, 0.6) is 0 Å². The van der Waals surface area contributed by atoms with Gasteiger partial charge in [-0.05, 0) is 60.2 Å². The van der Waals surface area contributed by atoms with E-state index in [-0.39, 0.29) is 35.0 Å². The molecule has 0 radical (unpaired) electrons. The number of hydrogen-bond acceptors (Lipinski definition) is 6. The quantitative estimate of drug-likeness (QED) is 0.199. The summed E-state index contributed by atoms with van der Waals surface area (Å²) in [5.41, 5.74) is 0. The fourth-order valence-corrected chi connectivity index (χ4v) is 6.42. The predicted octanol–water partition coefficient (Wildman–Crippen LogP) is -1.70. The van der Waals surface area contributed by atoms with Crippen LogP contribution in [0, 0.1) is 0 Å². The van der Waals surface area contributed by atoms with Crippen molar-refractivity contribution in [3.8, 4) is 0 Å². The Kier molecular flexibility index (Phi) is 8.11. The Hall–Kier alpha value is -1.58. The second kappa shape index (κ2) is 9.73. The summed E-state index contributed by atoms with van der Waals surface area (Å²) in [6, 6.07) is 16.1. The first-order valence-electron chi connectivity index (χ1n) is 8.30. The van der Waals surface area contributed by atoms with Gasteiger partial charge in [0.05, 0.1) is 14.7 Å². The minimum Gasteiger partial charge on any atom is -1.00 e. The summed E-state index contributed by atoms with van der Waals surface area (Å²) in [5, 5.41) is 1.84. The van der Waals surface area contributed by atoms with Gasteiger partial charge in [-0.1, -0.05) is 36.4 Å². The van der Waals surface area contributed by atoms with Crippen LogP contribution in [0.15, 0.2) is 87.5 Å². The van der Waals surface area contributed by atoms with Crippen LogP contribution in [0.3, 0.4) is 0 Å². The van der Waals surface area contributed by atoms with Gasteiger partial charge in [0, 0.05) is 0 Å². The van der Waals surface area contributed by atoms with Crippen molar-refractivity contribution in [2.45, 2.75) is 14.7 Å². The Morgan fingerprint density at radius 1 is 0.469 bits per heavy atom. The van der Waals surface area contributed by atoms with Crippen LogP contribution < -0.4 is 34.8 Å². The molecule has 3 aromatic carbocycles. The van der Waals surface area contributed by atoms with Gasteiger partial charge in [0.25, 0.3) is 30.4 Å². The maximum atomic E-state index is 11.3. The SMILES string of the molecule is O=S(=O)(O)c1ccc(P(c2ccc(S(=O)(=O)O)cc2)c2ccc(S(=O)(=O)O)cc2)cc1.[H-].[Li+]. The van der Waals surface area contributed by atoms with Crippen LogP contribution in [0.25, 0.3) is 0 Å². The molecule has 0 unspecified atom stereocenters. The van der Waals surface area contributed by atoms with Crippen molar-refractivity contribution in [3.05, 3.63) is 72.8 Å². The fraction of sp³-hybridized carbons (Fsp3) is 0. The van der Waals surface area contributed by atoms with E-state index in [1.807, 2.05) is 0 Å². The molecule has 0 heterocycles. The smallest absolute Gasteiger partial charge is 1.00 e. The molecular formula is C18H16LiO9PS3. The first kappa shape index (κ1) is 26.7. The third-order valence-corrected chi connectivity index (χ3v) is 9.23. The van der Waals surface area contributed by atoms with Gasteiger partial charge in [-0.2, -0.15) is 25.3 Å². The van der Waals surface area contributed by atoms with E-state index >= 15 is 0 Å². The van der Waals surface area contributed by atoms with Crippen LogP contribution in [0.4, 0.5) is 0 Å². The predicted molar refractivity (Wildman–Crippen MR) is 116 cm³/mol. The number of rotatable bonds is 6. The molecule has 0 amide bonds. The molecule has 3 N–H and O–H groups in total. The molecule has 0 aromatic heterocycles. The summed E-state index contributed by atoms with van der Waals surface area (Å²) in [4.78, 5) is -0.932. The van der Waals surface area contributed by atoms with Gasteiger partial charge in [-0.15, -0.1) is 0 Å². The molecule has 0 saturated carbocycles. The standard InChI is InChI=1S/C18H15O9PS3.Li.H/c19-29(20,21)16-7-1-13(2-8-16)28(14-3-9-17(10-4-14)30(22,23)24)15-5-11-18(12-6-15)31(25,26)27;;/h1-12H,(H,19,20,21)(H,22,23,24)(H,25,26,27);;/q;+1;-1. The van der Waals surface area contributed by atoms with Crippen molar-refractivity contribution >= 4 is 54.2 Å². The first-order valence-corrected chi connectivity index (χ1v) is 14.0. The molecule has 0 bridgehead atoms. The molecule has 0 saturated heterocycles. The van der Waals surface area contributed by atoms with Crippen LogP contribution in [-0.4, -0.2) is 38.9 Å². The zero-order valence-corrected chi connectivity index (χ0v) is 19.7. The van der Waals surface area contributed by atoms with Gasteiger partial charge in [-0.25, -0.2) is 0 Å². The second-order valence-corrected chi connectivity index (χ2v) is 12.7. The van der Waals surface area contributed by atoms with E-state index in [0.29, 0.717) is 15.9 Å². The summed E-state index contributed by atoms with van der Waals surface area (Å²) in [5.74, 6) is 0. The topological polar surface area (TPSA) is 163 Å². The third-order valence-electron chi connectivity index (χ3n) is 4.18. The van der Waals surface area contributed by atoms with Gasteiger partial charge < -0.3 is 1.43 Å². The van der Waals surface area contributed by atoms with Crippen molar-refractivity contribution in [1.82, 2.24) is 0 Å². The molecule has 166 valence electrons. The monoisotopic (exact) mass is 510 g/mol. The average molecular weight is 510 g/mol. The second-order valence-electron chi connectivity index (χ2n) is 6.24. The minimum absolute atomic E-state index is 0. The summed E-state index contributed by atoms with van der Waals surface area (Å²) in [6.45, 7) is 0. The van der Waals surface area contributed by atoms with Crippen molar-refractivity contribution in [2.75, 3.05) is 0 Å². The van der Waals surface area contributed by atoms with E-state index in [1.165, 1.54) is 72.8 Å². The first-order chi connectivity index (χ1) is 14.3. The summed E-state index contributed by atoms with van der Waals surface area (Å²) >= 11 is 0. The van der Waals surface area contributed by atoms with Crippen LogP contribution in [-0.2, 0) is 30.4 Å². The summed E-state index contributed by atoms with van der Waals surface area (Å²) < 4.78 is 95.4. The molecular weight excluding hydrogens is 494 g/mol. The van der Waals surface area contributed by atoms with Crippen molar-refractivity contribution < 1.29 is 59.2 Å². The van der Waals surface area contributed by atoms with E-state index in [4.69, 9.17) is 0 Å². The maximum absolute atomic E-state index is 11.3. The van der Waals surface area contributed by atoms with E-state index in [9.17, 15) is 38.9 Å². The zero-order chi connectivity index (χ0) is 23.0. The van der Waals surface area contributed by atoms with E-state index in [0.717, 1.165) is 0 Å². The Bertz CT molecular complexity index is 1250. The van der Waals surface area contributed by atoms with E-state index in [1.54, 1.807) is 0 Å². The Morgan fingerprint density at radius 2 is 0.656 bits per heavy atom. The molecule has 0 fully saturated rings. The third kappa shape index (κ3) is 6.26. The van der Waals surface area contributed by atoms with Crippen LogP contribution >= 0.6 is 7.92 Å². The molecule has 3 aromatic rings. The molecule has 9 nitrogen and oxygen atoms in total. The Labute approximate surface area is 200 Å². The maximum Gasteiger partial charge on any atom is 1.00 e.